The highest BCUT2D eigenvalue weighted by molar-refractivity contribution is 7.15. The number of benzene rings is 2. The van der Waals surface area contributed by atoms with E-state index >= 15 is 0 Å². The molecule has 3 aliphatic heterocycles. The van der Waals surface area contributed by atoms with Crippen LogP contribution in [0.2, 0.25) is 5.02 Å². The summed E-state index contributed by atoms with van der Waals surface area (Å²) < 4.78 is 2.03. The Morgan fingerprint density at radius 3 is 2.58 bits per heavy atom. The maximum absolute atomic E-state index is 13.3. The van der Waals surface area contributed by atoms with Gasteiger partial charge in [-0.25, -0.2) is 0 Å². The first kappa shape index (κ1) is 35.5. The van der Waals surface area contributed by atoms with Crippen molar-refractivity contribution in [1.82, 2.24) is 30.3 Å². The number of aromatic nitrogens is 3. The third-order valence-electron chi connectivity index (χ3n) is 9.87. The molecule has 15 heteroatoms. The van der Waals surface area contributed by atoms with Crippen molar-refractivity contribution in [2.45, 2.75) is 77.6 Å². The number of hydrogen-bond donors (Lipinski definition) is 4. The van der Waals surface area contributed by atoms with E-state index in [0.717, 1.165) is 57.4 Å². The summed E-state index contributed by atoms with van der Waals surface area (Å²) in [6, 6.07) is 11.3. The molecule has 52 heavy (non-hydrogen) atoms. The molecule has 4 amide bonds. The summed E-state index contributed by atoms with van der Waals surface area (Å²) in [7, 11) is 0. The van der Waals surface area contributed by atoms with Crippen molar-refractivity contribution >= 4 is 58.0 Å². The summed E-state index contributed by atoms with van der Waals surface area (Å²) in [6.07, 6.45) is 1.42. The van der Waals surface area contributed by atoms with Crippen LogP contribution in [0.3, 0.4) is 0 Å². The molecule has 2 unspecified atom stereocenters. The zero-order valence-corrected chi connectivity index (χ0v) is 30.6. The number of aryl methyl sites for hydroxylation is 2. The summed E-state index contributed by atoms with van der Waals surface area (Å²) in [6.45, 7) is 7.16. The maximum atomic E-state index is 13.3. The Bertz CT molecular complexity index is 2110. The van der Waals surface area contributed by atoms with Crippen LogP contribution < -0.4 is 16.0 Å². The van der Waals surface area contributed by atoms with Gasteiger partial charge in [0, 0.05) is 57.4 Å². The number of hydrogen-bond acceptors (Lipinski definition) is 10. The molecule has 3 aliphatic rings. The number of aliphatic hydroxyl groups excluding tert-OH is 1. The fourth-order valence-electron chi connectivity index (χ4n) is 7.09. The number of aliphatic hydroxyl groups is 1. The first-order valence-corrected chi connectivity index (χ1v) is 18.6. The Morgan fingerprint density at radius 1 is 1.04 bits per heavy atom. The third kappa shape index (κ3) is 6.61. The summed E-state index contributed by atoms with van der Waals surface area (Å²) >= 11 is 7.88. The quantitative estimate of drug-likeness (QED) is 0.125. The van der Waals surface area contributed by atoms with E-state index in [1.165, 1.54) is 4.88 Å². The SMILES string of the molecule is Cc1sc2c(c1C)C(c1ccc(Cl)cc1)=N[C@@H](CC(=O)NCCCCCNc1cccc3c1C(O)N(C1CCC(=O)NC1=O)C3=O)c1nnc(C)n1-2. The number of imide groups is 1. The zero-order chi connectivity index (χ0) is 36.7. The van der Waals surface area contributed by atoms with Gasteiger partial charge < -0.3 is 15.7 Å². The largest absolute Gasteiger partial charge is 0.385 e. The minimum Gasteiger partial charge on any atom is -0.385 e. The average molecular weight is 743 g/mol. The highest BCUT2D eigenvalue weighted by atomic mass is 35.5. The van der Waals surface area contributed by atoms with Gasteiger partial charge in [-0.3, -0.25) is 39.0 Å². The van der Waals surface area contributed by atoms with Gasteiger partial charge in [0.2, 0.25) is 17.7 Å². The third-order valence-corrected chi connectivity index (χ3v) is 11.3. The highest BCUT2D eigenvalue weighted by Crippen LogP contribution is 2.41. The molecule has 3 atom stereocenters. The summed E-state index contributed by atoms with van der Waals surface area (Å²) in [5.74, 6) is -0.178. The highest BCUT2D eigenvalue weighted by Gasteiger charge is 2.45. The smallest absolute Gasteiger partial charge is 0.257 e. The number of halogens is 1. The molecule has 5 heterocycles. The van der Waals surface area contributed by atoms with Crippen molar-refractivity contribution in [3.63, 3.8) is 0 Å². The van der Waals surface area contributed by atoms with Crippen LogP contribution >= 0.6 is 22.9 Å². The summed E-state index contributed by atoms with van der Waals surface area (Å²) in [5, 5.41) is 30.2. The van der Waals surface area contributed by atoms with Gasteiger partial charge in [-0.2, -0.15) is 0 Å². The van der Waals surface area contributed by atoms with Crippen LogP contribution in [0.25, 0.3) is 5.00 Å². The second-order valence-electron chi connectivity index (χ2n) is 13.3. The first-order chi connectivity index (χ1) is 25.0. The molecule has 0 saturated carbocycles. The van der Waals surface area contributed by atoms with Gasteiger partial charge in [-0.05, 0) is 76.3 Å². The maximum Gasteiger partial charge on any atom is 0.257 e. The lowest BCUT2D eigenvalue weighted by Gasteiger charge is -2.32. The Kier molecular flexibility index (Phi) is 9.96. The van der Waals surface area contributed by atoms with Crippen LogP contribution in [0.4, 0.5) is 5.69 Å². The average Bonchev–Trinajstić information content (AvgIpc) is 3.69. The van der Waals surface area contributed by atoms with Gasteiger partial charge in [0.15, 0.2) is 12.1 Å². The first-order valence-electron chi connectivity index (χ1n) is 17.4. The van der Waals surface area contributed by atoms with Crippen molar-refractivity contribution in [2.75, 3.05) is 18.4 Å². The molecule has 2 aromatic heterocycles. The molecular weight excluding hydrogens is 704 g/mol. The number of piperidine rings is 1. The van der Waals surface area contributed by atoms with Crippen LogP contribution in [-0.2, 0) is 14.4 Å². The van der Waals surface area contributed by atoms with E-state index in [2.05, 4.69) is 40.0 Å². The van der Waals surface area contributed by atoms with Crippen molar-refractivity contribution < 1.29 is 24.3 Å². The Hall–Kier alpha value is -4.92. The zero-order valence-electron chi connectivity index (χ0n) is 29.0. The number of carbonyl (C=O) groups is 4. The fourth-order valence-corrected chi connectivity index (χ4v) is 8.43. The molecule has 2 aromatic carbocycles. The normalized spacial score (nSPS) is 19.4. The number of rotatable bonds is 11. The number of fused-ring (bicyclic) bond motifs is 4. The standard InChI is InChI=1S/C37H39ClN8O5S/c1-19-20(2)52-37-30(19)32(22-10-12-23(38)13-11-22)41-26(33-44-43-21(3)45(33)37)18-29(48)40-17-6-4-5-16-39-25-9-7-8-24-31(25)36(51)46(35(24)50)27-14-15-28(47)42-34(27)49/h7-13,26-27,36,39,51H,4-6,14-18H2,1-3H3,(H,40,48)(H,42,47,49)/t26-,27?,36?/m0/s1. The number of nitrogens with zero attached hydrogens (tertiary/aromatic N) is 5. The van der Waals surface area contributed by atoms with Crippen LogP contribution in [0.15, 0.2) is 47.5 Å². The Balaban J connectivity index is 0.947. The van der Waals surface area contributed by atoms with Crippen molar-refractivity contribution in [2.24, 2.45) is 4.99 Å². The minimum atomic E-state index is -1.30. The summed E-state index contributed by atoms with van der Waals surface area (Å²) in [4.78, 5) is 58.1. The van der Waals surface area contributed by atoms with Crippen LogP contribution in [0, 0.1) is 20.8 Å². The topological polar surface area (TPSA) is 171 Å². The molecule has 4 aromatic rings. The van der Waals surface area contributed by atoms with E-state index in [-0.39, 0.29) is 31.1 Å². The number of aliphatic imine (C=N–C) groups is 1. The van der Waals surface area contributed by atoms with E-state index in [4.69, 9.17) is 16.6 Å². The van der Waals surface area contributed by atoms with Crippen LogP contribution in [-0.4, -0.2) is 73.2 Å². The van der Waals surface area contributed by atoms with E-state index in [1.54, 1.807) is 29.5 Å². The lowest BCUT2D eigenvalue weighted by atomic mass is 9.99. The molecule has 13 nitrogen and oxygen atoms in total. The van der Waals surface area contributed by atoms with Gasteiger partial charge >= 0.3 is 0 Å². The van der Waals surface area contributed by atoms with Crippen LogP contribution in [0.1, 0.15) is 99.9 Å². The second-order valence-corrected chi connectivity index (χ2v) is 14.9. The van der Waals surface area contributed by atoms with Gasteiger partial charge in [-0.1, -0.05) is 29.8 Å². The molecule has 0 bridgehead atoms. The monoisotopic (exact) mass is 742 g/mol. The predicted octanol–water partition coefficient (Wildman–Crippen LogP) is 4.84. The van der Waals surface area contributed by atoms with E-state index in [9.17, 15) is 24.3 Å². The molecule has 1 saturated heterocycles. The van der Waals surface area contributed by atoms with Gasteiger partial charge in [0.05, 0.1) is 12.1 Å². The summed E-state index contributed by atoms with van der Waals surface area (Å²) in [5.41, 5.74) is 5.23. The molecular formula is C37H39ClN8O5S. The fraction of sp³-hybridized carbons (Fsp3) is 0.378. The van der Waals surface area contributed by atoms with Crippen molar-refractivity contribution in [1.29, 1.82) is 0 Å². The number of unbranched alkanes of at least 4 members (excludes halogenated alkanes) is 2. The van der Waals surface area contributed by atoms with Crippen molar-refractivity contribution in [3.8, 4) is 5.00 Å². The van der Waals surface area contributed by atoms with Gasteiger partial charge in [0.1, 0.15) is 22.9 Å². The molecule has 0 aliphatic carbocycles. The van der Waals surface area contributed by atoms with Gasteiger partial charge in [0.25, 0.3) is 5.91 Å². The van der Waals surface area contributed by atoms with E-state index in [0.29, 0.717) is 40.8 Å². The molecule has 1 fully saturated rings. The lowest BCUT2D eigenvalue weighted by molar-refractivity contribution is -0.139. The molecule has 0 spiro atoms. The number of thiophene rings is 1. The Morgan fingerprint density at radius 2 is 1.81 bits per heavy atom. The molecule has 0 radical (unpaired) electrons. The van der Waals surface area contributed by atoms with E-state index in [1.807, 2.05) is 35.8 Å². The van der Waals surface area contributed by atoms with E-state index < -0.39 is 30.1 Å². The lowest BCUT2D eigenvalue weighted by Crippen LogP contribution is -2.53. The van der Waals surface area contributed by atoms with Crippen LogP contribution in [0.5, 0.6) is 0 Å². The number of anilines is 1. The Labute approximate surface area is 309 Å². The van der Waals surface area contributed by atoms with Crippen molar-refractivity contribution in [3.05, 3.63) is 91.8 Å². The second kappa shape index (κ2) is 14.6. The molecule has 4 N–H and O–H groups in total. The molecule has 7 rings (SSSR count). The number of nitrogens with one attached hydrogen (secondary N) is 3. The predicted molar refractivity (Wildman–Crippen MR) is 197 cm³/mol. The number of carbonyl (C=O) groups excluding carboxylic acids is 4. The minimum absolute atomic E-state index is 0.104. The molecule has 270 valence electrons. The number of amides is 4. The van der Waals surface area contributed by atoms with Gasteiger partial charge in [-0.15, -0.1) is 21.5 Å².